The third kappa shape index (κ3) is 7.39. The van der Waals surface area contributed by atoms with E-state index in [4.69, 9.17) is 31.1 Å². The number of hydrogen-bond donors (Lipinski definition) is 4. The smallest absolute Gasteiger partial charge is 0.306 e. The lowest BCUT2D eigenvalue weighted by Crippen LogP contribution is -2.31. The van der Waals surface area contributed by atoms with Gasteiger partial charge < -0.3 is 30.3 Å². The van der Waals surface area contributed by atoms with Crippen molar-refractivity contribution in [3.8, 4) is 22.9 Å². The number of nitrogens with one attached hydrogen (secondary N) is 1. The molecule has 13 heteroatoms. The molecule has 11 nitrogen and oxygen atoms in total. The monoisotopic (exact) mass is 699 g/mol. The van der Waals surface area contributed by atoms with Gasteiger partial charge in [0.2, 0.25) is 5.88 Å². The van der Waals surface area contributed by atoms with Crippen LogP contribution in [0.1, 0.15) is 63.1 Å². The van der Waals surface area contributed by atoms with Crippen molar-refractivity contribution in [1.29, 1.82) is 0 Å². The van der Waals surface area contributed by atoms with E-state index in [0.717, 1.165) is 11.1 Å². The molecule has 0 radical (unpaired) electrons. The highest BCUT2D eigenvalue weighted by Gasteiger charge is 2.37. The number of carboxylic acid groups (broad SMARTS) is 1. The topological polar surface area (TPSA) is 158 Å². The van der Waals surface area contributed by atoms with Gasteiger partial charge in [0.15, 0.2) is 23.2 Å². The Hall–Kier alpha value is -5.43. The standard InChI is InChI=1S/C38H43F2N7O4/c1-22(35(48)49)15-23-7-6-8-24(16-23)38(4)13-12-37(2,3)21-50-32(41)20-47(42)19-28-26-11-14-43-31(26)18-30(40)33(28)51-25-9-10-29(39)27(17-25)34-44-36(38)45-46(34)5/h6-11,14,16-18,20,22,43H,12-13,15,19,21,41-42H2,1-5H3,(H,48,49)/b32-20+. The highest BCUT2D eigenvalue weighted by Crippen LogP contribution is 2.41. The molecule has 3 aromatic carbocycles. The quantitative estimate of drug-likeness (QED) is 0.147. The fourth-order valence-corrected chi connectivity index (χ4v) is 6.44. The molecule has 1 aliphatic rings. The molecular weight excluding hydrogens is 656 g/mol. The van der Waals surface area contributed by atoms with Crippen LogP contribution in [0.4, 0.5) is 8.78 Å². The van der Waals surface area contributed by atoms with Crippen molar-refractivity contribution in [1.82, 2.24) is 24.8 Å². The number of ether oxygens (including phenoxy) is 2. The van der Waals surface area contributed by atoms with Crippen LogP contribution >= 0.6 is 0 Å². The molecule has 4 bridgehead atoms. The molecule has 6 rings (SSSR count). The van der Waals surface area contributed by atoms with E-state index >= 15 is 8.78 Å². The Kier molecular flexibility index (Phi) is 9.51. The predicted molar refractivity (Wildman–Crippen MR) is 189 cm³/mol. The zero-order valence-electron chi connectivity index (χ0n) is 29.3. The molecule has 51 heavy (non-hydrogen) atoms. The largest absolute Gasteiger partial charge is 0.481 e. The number of benzene rings is 3. The molecule has 5 aromatic rings. The van der Waals surface area contributed by atoms with Gasteiger partial charge in [-0.1, -0.05) is 45.0 Å². The Morgan fingerprint density at radius 2 is 1.88 bits per heavy atom. The number of aryl methyl sites for hydroxylation is 1. The van der Waals surface area contributed by atoms with Crippen LogP contribution in [0.2, 0.25) is 0 Å². The number of halogens is 2. The molecule has 2 aromatic heterocycles. The zero-order chi connectivity index (χ0) is 36.7. The molecule has 2 unspecified atom stereocenters. The van der Waals surface area contributed by atoms with Gasteiger partial charge in [-0.3, -0.25) is 4.79 Å². The molecule has 3 heterocycles. The Balaban J connectivity index is 1.50. The van der Waals surface area contributed by atoms with Crippen LogP contribution in [0.5, 0.6) is 11.5 Å². The van der Waals surface area contributed by atoms with E-state index in [9.17, 15) is 9.90 Å². The number of hydrazine groups is 1. The molecule has 0 saturated carbocycles. The van der Waals surface area contributed by atoms with E-state index in [0.29, 0.717) is 41.6 Å². The number of carbonyl (C=O) groups is 1. The number of aromatic amines is 1. The zero-order valence-corrected chi connectivity index (χ0v) is 29.3. The summed E-state index contributed by atoms with van der Waals surface area (Å²) < 4.78 is 45.1. The molecule has 0 saturated heterocycles. The second kappa shape index (κ2) is 13.7. The minimum atomic E-state index is -0.875. The van der Waals surface area contributed by atoms with Crippen LogP contribution in [-0.4, -0.2) is 42.4 Å². The van der Waals surface area contributed by atoms with Crippen molar-refractivity contribution in [2.75, 3.05) is 6.61 Å². The number of H-pyrrole nitrogens is 1. The van der Waals surface area contributed by atoms with E-state index in [1.54, 1.807) is 26.2 Å². The third-order valence-electron chi connectivity index (χ3n) is 9.61. The van der Waals surface area contributed by atoms with Crippen molar-refractivity contribution < 1.29 is 28.2 Å². The first-order valence-electron chi connectivity index (χ1n) is 16.7. The summed E-state index contributed by atoms with van der Waals surface area (Å²) in [5, 5.41) is 16.4. The fourth-order valence-electron chi connectivity index (χ4n) is 6.44. The first-order chi connectivity index (χ1) is 24.1. The summed E-state index contributed by atoms with van der Waals surface area (Å²) in [4.78, 5) is 19.6. The molecule has 0 spiro atoms. The van der Waals surface area contributed by atoms with Crippen molar-refractivity contribution in [3.05, 3.63) is 107 Å². The van der Waals surface area contributed by atoms with Crippen molar-refractivity contribution >= 4 is 16.9 Å². The van der Waals surface area contributed by atoms with Crippen molar-refractivity contribution in [2.24, 2.45) is 30.0 Å². The van der Waals surface area contributed by atoms with E-state index < -0.39 is 34.4 Å². The maximum Gasteiger partial charge on any atom is 0.306 e. The molecule has 2 atom stereocenters. The number of hydrogen-bond acceptors (Lipinski definition) is 8. The van der Waals surface area contributed by atoms with E-state index in [1.807, 2.05) is 31.2 Å². The minimum absolute atomic E-state index is 0.0122. The van der Waals surface area contributed by atoms with Gasteiger partial charge in [0.05, 0.1) is 36.2 Å². The molecule has 0 amide bonds. The summed E-state index contributed by atoms with van der Waals surface area (Å²) in [6.45, 7) is 8.09. The Bertz CT molecular complexity index is 2120. The van der Waals surface area contributed by atoms with Crippen LogP contribution in [0, 0.1) is 23.0 Å². The lowest BCUT2D eigenvalue weighted by atomic mass is 9.73. The lowest BCUT2D eigenvalue weighted by Gasteiger charge is -2.33. The Morgan fingerprint density at radius 1 is 1.10 bits per heavy atom. The summed E-state index contributed by atoms with van der Waals surface area (Å²) in [6.07, 6.45) is 4.69. The highest BCUT2D eigenvalue weighted by molar-refractivity contribution is 5.85. The van der Waals surface area contributed by atoms with Crippen LogP contribution in [0.15, 0.2) is 72.9 Å². The van der Waals surface area contributed by atoms with Gasteiger partial charge >= 0.3 is 5.97 Å². The van der Waals surface area contributed by atoms with Crippen LogP contribution in [0.25, 0.3) is 22.3 Å². The van der Waals surface area contributed by atoms with E-state index in [-0.39, 0.29) is 41.9 Å². The van der Waals surface area contributed by atoms with Crippen LogP contribution < -0.4 is 16.3 Å². The molecule has 0 aliphatic carbocycles. The van der Waals surface area contributed by atoms with Crippen LogP contribution in [0.3, 0.4) is 0 Å². The summed E-state index contributed by atoms with van der Waals surface area (Å²) in [5.41, 5.74) is 7.97. The number of fused-ring (bicyclic) bond motifs is 8. The summed E-state index contributed by atoms with van der Waals surface area (Å²) >= 11 is 0. The average molecular weight is 700 g/mol. The van der Waals surface area contributed by atoms with Crippen LogP contribution in [-0.2, 0) is 35.0 Å². The number of aromatic nitrogens is 4. The second-order valence-electron chi connectivity index (χ2n) is 14.4. The summed E-state index contributed by atoms with van der Waals surface area (Å²) in [5.74, 6) is 4.61. The Morgan fingerprint density at radius 3 is 2.65 bits per heavy atom. The van der Waals surface area contributed by atoms with Gasteiger partial charge in [0.1, 0.15) is 11.6 Å². The van der Waals surface area contributed by atoms with Gasteiger partial charge in [0, 0.05) is 35.8 Å². The summed E-state index contributed by atoms with van der Waals surface area (Å²) in [6, 6.07) is 15.0. The van der Waals surface area contributed by atoms with Crippen molar-refractivity contribution in [3.63, 3.8) is 0 Å². The lowest BCUT2D eigenvalue weighted by molar-refractivity contribution is -0.141. The second-order valence-corrected chi connectivity index (χ2v) is 14.4. The maximum absolute atomic E-state index is 15.7. The van der Waals surface area contributed by atoms with Gasteiger partial charge in [0.25, 0.3) is 0 Å². The summed E-state index contributed by atoms with van der Waals surface area (Å²) in [7, 11) is 1.69. The number of carboxylic acids is 1. The number of rotatable bonds is 4. The molecule has 268 valence electrons. The number of nitrogens with zero attached hydrogens (tertiary/aromatic N) is 4. The normalized spacial score (nSPS) is 19.8. The average Bonchev–Trinajstić information content (AvgIpc) is 3.71. The first kappa shape index (κ1) is 35.4. The van der Waals surface area contributed by atoms with Gasteiger partial charge in [-0.25, -0.2) is 24.3 Å². The van der Waals surface area contributed by atoms with Gasteiger partial charge in [-0.05, 0) is 67.0 Å². The Labute approximate surface area is 294 Å². The number of nitrogens with two attached hydrogens (primary N) is 2. The minimum Gasteiger partial charge on any atom is -0.481 e. The predicted octanol–water partition coefficient (Wildman–Crippen LogP) is 6.87. The maximum atomic E-state index is 15.7. The molecule has 1 aliphatic heterocycles. The molecule has 6 N–H and O–H groups in total. The van der Waals surface area contributed by atoms with Gasteiger partial charge in [-0.2, -0.15) is 5.10 Å². The SMILES string of the molecule is CC(Cc1cccc(C2(C)CCC(C)(C)CO/C(N)=C/N(N)Cc3c(c(F)cc4[nH]ccc34)Oc3ccc(F)c(c3)-c3nc2nn3C)c1)C(=O)O. The highest BCUT2D eigenvalue weighted by atomic mass is 19.1. The van der Waals surface area contributed by atoms with E-state index in [1.165, 1.54) is 40.2 Å². The van der Waals surface area contributed by atoms with E-state index in [2.05, 4.69) is 18.8 Å². The first-order valence-corrected chi connectivity index (χ1v) is 16.7. The van der Waals surface area contributed by atoms with Gasteiger partial charge in [-0.15, -0.1) is 0 Å². The molecular formula is C38H43F2N7O4. The molecule has 0 fully saturated rings. The van der Waals surface area contributed by atoms with Crippen molar-refractivity contribution in [2.45, 2.75) is 58.9 Å². The third-order valence-corrected chi connectivity index (χ3v) is 9.61. The number of aliphatic carboxylic acids is 1. The fraction of sp³-hybridized carbons (Fsp3) is 0.342.